The van der Waals surface area contributed by atoms with Gasteiger partial charge >= 0.3 is 6.09 Å². The van der Waals surface area contributed by atoms with Crippen LogP contribution < -0.4 is 9.80 Å². The van der Waals surface area contributed by atoms with Crippen LogP contribution in [-0.4, -0.2) is 68.3 Å². The van der Waals surface area contributed by atoms with Gasteiger partial charge in [0.05, 0.1) is 46.1 Å². The summed E-state index contributed by atoms with van der Waals surface area (Å²) in [6, 6.07) is 14.2. The first-order chi connectivity index (χ1) is 19.0. The predicted octanol–water partition coefficient (Wildman–Crippen LogP) is 5.08. The zero-order valence-electron chi connectivity index (χ0n) is 23.1. The van der Waals surface area contributed by atoms with Crippen LogP contribution in [0.4, 0.5) is 16.3 Å². The van der Waals surface area contributed by atoms with E-state index < -0.39 is 27.8 Å². The molecule has 9 nitrogen and oxygen atoms in total. The van der Waals surface area contributed by atoms with Crippen molar-refractivity contribution in [3.63, 3.8) is 0 Å². The lowest BCUT2D eigenvalue weighted by Gasteiger charge is -2.55. The minimum absolute atomic E-state index is 0.0504. The second-order valence-corrected chi connectivity index (χ2v) is 13.1. The molecule has 3 aromatic rings. The largest absolute Gasteiger partial charge is 0.465 e. The fourth-order valence-corrected chi connectivity index (χ4v) is 6.82. The number of hydrogen-bond donors (Lipinski definition) is 1. The van der Waals surface area contributed by atoms with Gasteiger partial charge in [-0.15, -0.1) is 0 Å². The van der Waals surface area contributed by atoms with Crippen LogP contribution in [0.5, 0.6) is 0 Å². The Bertz CT molecular complexity index is 1550. The molecule has 2 aromatic carbocycles. The summed E-state index contributed by atoms with van der Waals surface area (Å²) in [4.78, 5) is 27.6. The number of aromatic nitrogens is 2. The Morgan fingerprint density at radius 2 is 1.88 bits per heavy atom. The lowest BCUT2D eigenvalue weighted by molar-refractivity contribution is -0.00289. The molecule has 0 aliphatic carbocycles. The normalized spacial score (nSPS) is 20.2. The van der Waals surface area contributed by atoms with Crippen molar-refractivity contribution in [1.29, 1.82) is 5.26 Å². The summed E-state index contributed by atoms with van der Waals surface area (Å²) in [6.07, 6.45) is 1.24. The van der Waals surface area contributed by atoms with Crippen molar-refractivity contribution < 1.29 is 14.1 Å². The Balaban J connectivity index is 1.58. The fourth-order valence-electron chi connectivity index (χ4n) is 6.09. The summed E-state index contributed by atoms with van der Waals surface area (Å²) in [5.74, 6) is 0.683. The van der Waals surface area contributed by atoms with Crippen LogP contribution in [0, 0.1) is 16.7 Å². The average Bonchev–Trinajstić information content (AvgIpc) is 2.91. The van der Waals surface area contributed by atoms with Gasteiger partial charge in [-0.25, -0.2) is 14.8 Å². The third-order valence-corrected chi connectivity index (χ3v) is 9.32. The van der Waals surface area contributed by atoms with Crippen LogP contribution in [-0.2, 0) is 23.8 Å². The predicted molar refractivity (Wildman–Crippen MR) is 157 cm³/mol. The maximum Gasteiger partial charge on any atom is 0.407 e. The quantitative estimate of drug-likeness (QED) is 0.425. The molecule has 0 bridgehead atoms. The first kappa shape index (κ1) is 28.1. The molecule has 1 saturated heterocycles. The second kappa shape index (κ2) is 10.5. The number of rotatable bonds is 4. The highest BCUT2D eigenvalue weighted by atomic mass is 35.5. The molecule has 1 N–H and O–H groups in total. The van der Waals surface area contributed by atoms with Crippen molar-refractivity contribution in [2.24, 2.45) is 5.41 Å². The Labute approximate surface area is 241 Å². The topological polar surface area (TPSA) is 114 Å². The Morgan fingerprint density at radius 1 is 1.15 bits per heavy atom. The lowest BCUT2D eigenvalue weighted by Crippen LogP contribution is -2.69. The van der Waals surface area contributed by atoms with Gasteiger partial charge in [-0.05, 0) is 29.4 Å². The van der Waals surface area contributed by atoms with Crippen molar-refractivity contribution in [3.05, 3.63) is 52.7 Å². The van der Waals surface area contributed by atoms with E-state index in [0.29, 0.717) is 43.4 Å². The third kappa shape index (κ3) is 4.75. The number of anilines is 2. The molecule has 0 radical (unpaired) electrons. The molecule has 1 fully saturated rings. The highest BCUT2D eigenvalue weighted by Gasteiger charge is 2.52. The maximum absolute atomic E-state index is 12.7. The molecule has 2 aliphatic heterocycles. The number of carbonyl (C=O) groups is 1. The number of nitriles is 1. The number of carboxylic acid groups (broad SMARTS) is 1. The van der Waals surface area contributed by atoms with E-state index in [1.54, 1.807) is 6.26 Å². The van der Waals surface area contributed by atoms with E-state index in [1.807, 2.05) is 51.1 Å². The summed E-state index contributed by atoms with van der Waals surface area (Å²) in [6.45, 7) is 8.07. The monoisotopic (exact) mass is 580 g/mol. The molecule has 3 heterocycles. The molecule has 1 aromatic heterocycles. The molecule has 40 heavy (non-hydrogen) atoms. The van der Waals surface area contributed by atoms with Crippen molar-refractivity contribution >= 4 is 50.8 Å². The summed E-state index contributed by atoms with van der Waals surface area (Å²) in [5, 5.41) is 22.8. The molecule has 5 rings (SSSR count). The number of halogens is 1. The summed E-state index contributed by atoms with van der Waals surface area (Å²) in [7, 11) is -1.42. The van der Waals surface area contributed by atoms with Gasteiger partial charge in [-0.2, -0.15) is 5.26 Å². The number of piperazine rings is 1. The molecule has 0 saturated carbocycles. The van der Waals surface area contributed by atoms with E-state index in [0.717, 1.165) is 27.7 Å². The lowest BCUT2D eigenvalue weighted by atomic mass is 9.69. The molecule has 0 spiro atoms. The van der Waals surface area contributed by atoms with Gasteiger partial charge in [0.1, 0.15) is 5.82 Å². The van der Waals surface area contributed by atoms with Gasteiger partial charge in [0.15, 0.2) is 0 Å². The van der Waals surface area contributed by atoms with Crippen molar-refractivity contribution in [3.8, 4) is 6.07 Å². The minimum Gasteiger partial charge on any atom is -0.465 e. The molecule has 1 amide bonds. The van der Waals surface area contributed by atoms with Gasteiger partial charge < -0.3 is 14.9 Å². The first-order valence-electron chi connectivity index (χ1n) is 13.2. The zero-order valence-corrected chi connectivity index (χ0v) is 24.7. The van der Waals surface area contributed by atoms with Crippen LogP contribution in [0.1, 0.15) is 38.4 Å². The molecule has 210 valence electrons. The fraction of sp³-hybridized carbons (Fsp3) is 0.448. The van der Waals surface area contributed by atoms with E-state index in [-0.39, 0.29) is 18.1 Å². The van der Waals surface area contributed by atoms with Crippen LogP contribution in [0.25, 0.3) is 10.8 Å². The van der Waals surface area contributed by atoms with Crippen LogP contribution in [0.3, 0.4) is 0 Å². The van der Waals surface area contributed by atoms with E-state index >= 15 is 0 Å². The maximum atomic E-state index is 12.7. The standard InChI is InChI=1S/C29H33ClN6O3S/c1-28(2,3)29(12-13-31)18-35(15-16-36(29)27(37)38)25-20-11-14-34(17-22(20)32-26(33-25)40(4)39)23-10-6-8-19-7-5-9-21(30)24(19)23/h5-10H,11-12,14-18H2,1-4H3,(H,37,38)/t29-,40?/m1/s1. The summed E-state index contributed by atoms with van der Waals surface area (Å²) in [5.41, 5.74) is 1.32. The van der Waals surface area contributed by atoms with Crippen LogP contribution >= 0.6 is 11.6 Å². The second-order valence-electron chi connectivity index (χ2n) is 11.5. The van der Waals surface area contributed by atoms with Crippen LogP contribution in [0.2, 0.25) is 5.02 Å². The average molecular weight is 581 g/mol. The smallest absolute Gasteiger partial charge is 0.407 e. The zero-order chi connectivity index (χ0) is 28.8. The summed E-state index contributed by atoms with van der Waals surface area (Å²) < 4.78 is 12.7. The van der Waals surface area contributed by atoms with Gasteiger partial charge in [0, 0.05) is 49.1 Å². The van der Waals surface area contributed by atoms with Crippen molar-refractivity contribution in [2.45, 2.75) is 50.9 Å². The van der Waals surface area contributed by atoms with Crippen molar-refractivity contribution in [1.82, 2.24) is 14.9 Å². The molecular weight excluding hydrogens is 548 g/mol. The van der Waals surface area contributed by atoms with E-state index in [9.17, 15) is 19.4 Å². The van der Waals surface area contributed by atoms with Gasteiger partial charge in [0.25, 0.3) is 0 Å². The highest BCUT2D eigenvalue weighted by Crippen LogP contribution is 2.43. The minimum atomic E-state index is -1.42. The Morgan fingerprint density at radius 3 is 2.52 bits per heavy atom. The molecular formula is C29H33ClN6O3S. The number of nitrogens with zero attached hydrogens (tertiary/aromatic N) is 6. The van der Waals surface area contributed by atoms with Crippen molar-refractivity contribution in [2.75, 3.05) is 42.2 Å². The van der Waals surface area contributed by atoms with E-state index in [2.05, 4.69) is 21.9 Å². The molecule has 2 aliphatic rings. The van der Waals surface area contributed by atoms with Gasteiger partial charge in [-0.1, -0.05) is 56.6 Å². The molecule has 11 heteroatoms. The number of hydrogen-bond acceptors (Lipinski definition) is 7. The van der Waals surface area contributed by atoms with E-state index in [4.69, 9.17) is 21.6 Å². The molecule has 1 unspecified atom stereocenters. The van der Waals surface area contributed by atoms with E-state index in [1.165, 1.54) is 4.90 Å². The number of amides is 1. The van der Waals surface area contributed by atoms with Crippen LogP contribution in [0.15, 0.2) is 41.6 Å². The highest BCUT2D eigenvalue weighted by molar-refractivity contribution is 7.84. The van der Waals surface area contributed by atoms with Gasteiger partial charge in [-0.3, -0.25) is 9.11 Å². The Kier molecular flexibility index (Phi) is 7.40. The number of benzene rings is 2. The SMILES string of the molecule is CS(=O)c1nc2c(c(N3CCN(C(=O)O)[C@@](CC#N)(C(C)(C)C)C3)n1)CCN(c1cccc3cccc(Cl)c13)C2. The first-order valence-corrected chi connectivity index (χ1v) is 15.2. The Hall–Kier alpha value is -3.42. The number of fused-ring (bicyclic) bond motifs is 2. The summed E-state index contributed by atoms with van der Waals surface area (Å²) >= 11 is 6.63. The van der Waals surface area contributed by atoms with Gasteiger partial charge in [0.2, 0.25) is 5.16 Å². The molecule has 2 atom stereocenters. The third-order valence-electron chi connectivity index (χ3n) is 8.31.